The number of aromatic nitrogens is 2. The maximum Gasteiger partial charge on any atom is 0.173 e. The van der Waals surface area contributed by atoms with E-state index in [4.69, 9.17) is 23.2 Å². The van der Waals surface area contributed by atoms with Gasteiger partial charge in [0, 0.05) is 67.0 Å². The first kappa shape index (κ1) is 33.8. The third kappa shape index (κ3) is 6.89. The van der Waals surface area contributed by atoms with Crippen molar-refractivity contribution in [2.24, 2.45) is 0 Å². The molecule has 9 heteroatoms. The maximum atomic E-state index is 12.6. The molecule has 49 heavy (non-hydrogen) atoms. The van der Waals surface area contributed by atoms with Crippen LogP contribution in [0.1, 0.15) is 75.3 Å². The second-order valence-electron chi connectivity index (χ2n) is 12.5. The first-order valence-electron chi connectivity index (χ1n) is 16.3. The minimum Gasteiger partial charge on any atom is -0.380 e. The Hall–Kier alpha value is -3.69. The number of hydrogen-bond acceptors (Lipinski definition) is 7. The SMILES string of the molecule is O=C1CCCC(O)(c2ccc(Cl)cc2)c2cc(-c3ccncc3)sc21.OC1(c2ccc(Cl)cc2)CCCCc2sc(-c3ccncc3)cc21. The summed E-state index contributed by atoms with van der Waals surface area (Å²) in [5.41, 5.74) is 3.50. The third-order valence-electron chi connectivity index (χ3n) is 9.39. The van der Waals surface area contributed by atoms with E-state index in [0.29, 0.717) is 39.7 Å². The standard InChI is InChI=1S/C20H16ClNO2S.C20H18ClNOS/c21-15-5-3-14(4-6-15)20(24)9-1-2-17(23)19-16(20)12-18(25-19)13-7-10-22-11-8-13;21-16-6-4-15(5-7-16)20(23)10-2-1-3-18-17(20)13-19(24-18)14-8-11-22-12-9-14/h3-8,10-12,24H,1-2,9H2;4-9,11-13,23H,1-3,10H2. The van der Waals surface area contributed by atoms with E-state index in [1.807, 2.05) is 79.1 Å². The Kier molecular flexibility index (Phi) is 9.84. The zero-order valence-corrected chi connectivity index (χ0v) is 29.8. The Morgan fingerprint density at radius 1 is 0.592 bits per heavy atom. The van der Waals surface area contributed by atoms with Crippen LogP contribution >= 0.6 is 45.9 Å². The van der Waals surface area contributed by atoms with Gasteiger partial charge in [-0.15, -0.1) is 22.7 Å². The fourth-order valence-corrected chi connectivity index (χ4v) is 9.53. The second-order valence-corrected chi connectivity index (χ2v) is 15.6. The number of rotatable bonds is 4. The van der Waals surface area contributed by atoms with E-state index < -0.39 is 11.2 Å². The van der Waals surface area contributed by atoms with Gasteiger partial charge in [0.15, 0.2) is 5.78 Å². The monoisotopic (exact) mass is 724 g/mol. The number of hydrogen-bond donors (Lipinski definition) is 2. The predicted octanol–water partition coefficient (Wildman–Crippen LogP) is 10.5. The summed E-state index contributed by atoms with van der Waals surface area (Å²) in [6.45, 7) is 0. The number of carbonyl (C=O) groups is 1. The van der Waals surface area contributed by atoms with Crippen LogP contribution in [-0.4, -0.2) is 26.0 Å². The molecule has 0 saturated carbocycles. The highest BCUT2D eigenvalue weighted by Crippen LogP contribution is 2.47. The number of benzene rings is 2. The maximum absolute atomic E-state index is 12.6. The zero-order valence-electron chi connectivity index (χ0n) is 26.6. The number of nitrogens with zero attached hydrogens (tertiary/aromatic N) is 2. The topological polar surface area (TPSA) is 83.3 Å². The molecule has 0 fully saturated rings. The number of thiophene rings is 2. The van der Waals surface area contributed by atoms with Gasteiger partial charge in [0.2, 0.25) is 0 Å². The van der Waals surface area contributed by atoms with Crippen LogP contribution in [0.2, 0.25) is 10.0 Å². The molecule has 4 heterocycles. The van der Waals surface area contributed by atoms with Gasteiger partial charge in [0.05, 0.1) is 4.88 Å². The quantitative estimate of drug-likeness (QED) is 0.177. The van der Waals surface area contributed by atoms with E-state index in [2.05, 4.69) is 16.0 Å². The molecule has 0 saturated heterocycles. The summed E-state index contributed by atoms with van der Waals surface area (Å²) < 4.78 is 0. The summed E-state index contributed by atoms with van der Waals surface area (Å²) in [6, 6.07) is 26.8. The molecular weight excluding hydrogens is 691 g/mol. The van der Waals surface area contributed by atoms with Gasteiger partial charge in [-0.2, -0.15) is 0 Å². The molecule has 2 aliphatic carbocycles. The molecule has 0 amide bonds. The van der Waals surface area contributed by atoms with Crippen LogP contribution in [0.15, 0.2) is 110 Å². The molecule has 2 aromatic carbocycles. The first-order chi connectivity index (χ1) is 23.7. The number of Topliss-reactive ketones (excluding diaryl/α,β-unsaturated/α-hetero) is 1. The van der Waals surface area contributed by atoms with Gasteiger partial charge >= 0.3 is 0 Å². The molecule has 0 bridgehead atoms. The molecule has 0 spiro atoms. The van der Waals surface area contributed by atoms with Crippen LogP contribution in [0.4, 0.5) is 0 Å². The molecule has 4 aromatic heterocycles. The van der Waals surface area contributed by atoms with E-state index in [9.17, 15) is 15.0 Å². The molecule has 8 rings (SSSR count). The lowest BCUT2D eigenvalue weighted by molar-refractivity contribution is 0.0705. The van der Waals surface area contributed by atoms with Gasteiger partial charge in [-0.1, -0.05) is 47.5 Å². The van der Waals surface area contributed by atoms with Gasteiger partial charge in [-0.3, -0.25) is 14.8 Å². The van der Waals surface area contributed by atoms with E-state index in [0.717, 1.165) is 58.4 Å². The highest BCUT2D eigenvalue weighted by atomic mass is 35.5. The van der Waals surface area contributed by atoms with Crippen LogP contribution in [0.25, 0.3) is 20.9 Å². The normalized spacial score (nSPS) is 20.3. The van der Waals surface area contributed by atoms with Crippen molar-refractivity contribution in [3.05, 3.63) is 152 Å². The molecular formula is C40H34Cl2N2O3S2. The number of aryl methyl sites for hydroxylation is 1. The summed E-state index contributed by atoms with van der Waals surface area (Å²) in [4.78, 5) is 24.8. The Labute approximate surface area is 303 Å². The van der Waals surface area contributed by atoms with Crippen LogP contribution in [0.5, 0.6) is 0 Å². The lowest BCUT2D eigenvalue weighted by Crippen LogP contribution is -2.26. The average Bonchev–Trinajstić information content (AvgIpc) is 3.72. The largest absolute Gasteiger partial charge is 0.380 e. The van der Waals surface area contributed by atoms with Crippen molar-refractivity contribution in [3.8, 4) is 20.9 Å². The van der Waals surface area contributed by atoms with Gasteiger partial charge in [0.1, 0.15) is 11.2 Å². The van der Waals surface area contributed by atoms with Gasteiger partial charge in [0.25, 0.3) is 0 Å². The van der Waals surface area contributed by atoms with Crippen molar-refractivity contribution in [1.82, 2.24) is 9.97 Å². The molecule has 6 aromatic rings. The second kappa shape index (κ2) is 14.3. The molecule has 0 aliphatic heterocycles. The number of aliphatic hydroxyl groups is 2. The van der Waals surface area contributed by atoms with Gasteiger partial charge < -0.3 is 10.2 Å². The average molecular weight is 726 g/mol. The smallest absolute Gasteiger partial charge is 0.173 e. The number of halogens is 2. The van der Waals surface area contributed by atoms with E-state index in [1.165, 1.54) is 21.1 Å². The van der Waals surface area contributed by atoms with Crippen molar-refractivity contribution in [2.75, 3.05) is 0 Å². The van der Waals surface area contributed by atoms with Crippen LogP contribution in [-0.2, 0) is 17.6 Å². The first-order valence-corrected chi connectivity index (χ1v) is 18.7. The van der Waals surface area contributed by atoms with Crippen molar-refractivity contribution >= 4 is 51.7 Å². The molecule has 2 N–H and O–H groups in total. The van der Waals surface area contributed by atoms with Crippen LogP contribution in [0.3, 0.4) is 0 Å². The number of fused-ring (bicyclic) bond motifs is 2. The highest BCUT2D eigenvalue weighted by molar-refractivity contribution is 7.17. The number of carbonyl (C=O) groups excluding carboxylic acids is 1. The lowest BCUT2D eigenvalue weighted by Gasteiger charge is -2.28. The lowest BCUT2D eigenvalue weighted by atomic mass is 9.83. The van der Waals surface area contributed by atoms with Gasteiger partial charge in [-0.05, 0) is 121 Å². The van der Waals surface area contributed by atoms with Crippen LogP contribution in [0, 0.1) is 0 Å². The molecule has 2 unspecified atom stereocenters. The summed E-state index contributed by atoms with van der Waals surface area (Å²) in [7, 11) is 0. The Morgan fingerprint density at radius 2 is 1.08 bits per heavy atom. The Balaban J connectivity index is 0.000000154. The highest BCUT2D eigenvalue weighted by Gasteiger charge is 2.39. The Morgan fingerprint density at radius 3 is 1.65 bits per heavy atom. The minimum absolute atomic E-state index is 0.102. The summed E-state index contributed by atoms with van der Waals surface area (Å²) >= 11 is 15.3. The Bertz CT molecular complexity index is 2060. The number of pyridine rings is 2. The molecule has 248 valence electrons. The fourth-order valence-electron chi connectivity index (χ4n) is 6.79. The summed E-state index contributed by atoms with van der Waals surface area (Å²) in [5.74, 6) is 0.102. The third-order valence-corrected chi connectivity index (χ3v) is 12.4. The van der Waals surface area contributed by atoms with Crippen LogP contribution < -0.4 is 0 Å². The summed E-state index contributed by atoms with van der Waals surface area (Å²) in [5, 5.41) is 24.4. The van der Waals surface area contributed by atoms with E-state index in [-0.39, 0.29) is 5.78 Å². The molecule has 2 atom stereocenters. The van der Waals surface area contributed by atoms with Crippen molar-refractivity contribution in [1.29, 1.82) is 0 Å². The molecule has 5 nitrogen and oxygen atoms in total. The fraction of sp³-hybridized carbons (Fsp3) is 0.225. The molecule has 0 radical (unpaired) electrons. The minimum atomic E-state index is -1.17. The summed E-state index contributed by atoms with van der Waals surface area (Å²) in [6.07, 6.45) is 12.6. The number of ketones is 1. The van der Waals surface area contributed by atoms with E-state index >= 15 is 0 Å². The van der Waals surface area contributed by atoms with Crippen molar-refractivity contribution in [2.45, 2.75) is 56.1 Å². The zero-order chi connectivity index (χ0) is 34.0. The van der Waals surface area contributed by atoms with E-state index in [1.54, 1.807) is 35.9 Å². The predicted molar refractivity (Wildman–Crippen MR) is 200 cm³/mol. The van der Waals surface area contributed by atoms with Crippen molar-refractivity contribution < 1.29 is 15.0 Å². The molecule has 2 aliphatic rings. The van der Waals surface area contributed by atoms with Gasteiger partial charge in [-0.25, -0.2) is 0 Å². The van der Waals surface area contributed by atoms with Crippen molar-refractivity contribution in [3.63, 3.8) is 0 Å².